The topological polar surface area (TPSA) is 37.4 Å². The molecule has 1 unspecified atom stereocenters. The summed E-state index contributed by atoms with van der Waals surface area (Å²) in [5.74, 6) is 7.48. The van der Waals surface area contributed by atoms with Crippen molar-refractivity contribution in [2.75, 3.05) is 6.54 Å². The number of carbonyl (C=O) groups excluding carboxylic acids is 2. The van der Waals surface area contributed by atoms with Gasteiger partial charge in [0.05, 0.1) is 25.8 Å². The molecule has 10 heteroatoms. The van der Waals surface area contributed by atoms with Gasteiger partial charge in [-0.05, 0) is 69.0 Å². The molecular formula is C54H71NO2S5Si2. The molecule has 0 radical (unpaired) electrons. The van der Waals surface area contributed by atoms with Crippen LogP contribution in [0.5, 0.6) is 0 Å². The first-order valence-electron chi connectivity index (χ1n) is 24.1. The number of amides is 2. The van der Waals surface area contributed by atoms with Crippen LogP contribution in [0.4, 0.5) is 0 Å². The summed E-state index contributed by atoms with van der Waals surface area (Å²) in [4.78, 5) is 41.8. The third kappa shape index (κ3) is 13.6. The predicted octanol–water partition coefficient (Wildman–Crippen LogP) is 18.2. The highest BCUT2D eigenvalue weighted by atomic mass is 32.1. The maximum absolute atomic E-state index is 14.5. The summed E-state index contributed by atoms with van der Waals surface area (Å²) in [5.41, 5.74) is 10.7. The van der Waals surface area contributed by atoms with E-state index in [1.165, 1.54) is 119 Å². The van der Waals surface area contributed by atoms with E-state index in [9.17, 15) is 9.59 Å². The smallest absolute Gasteiger partial charge is 0.263 e. The van der Waals surface area contributed by atoms with Crippen molar-refractivity contribution < 1.29 is 9.59 Å². The number of fused-ring (bicyclic) bond motifs is 1. The standard InChI is InChI=1S/C54H71NO2S5Si2/c1-11-13-15-17-19-20-22-24-26-40(25-23-21-18-16-14-12-2)37-55-53(56)48-39(4)59-52(49(48)54(55)57)45-30-29-44(60-45)47-36-42(32-34-64(8,9)10)51(62-47)50-41(31-33-63(5,6)7)35-46(61-50)43-28-27-38(3)58-43/h27-30,35-36,40H,11-26,37H2,1-10H3. The number of rotatable bonds is 22. The average Bonchev–Trinajstić information content (AvgIpc) is 4.10. The van der Waals surface area contributed by atoms with Crippen LogP contribution in [0.2, 0.25) is 39.3 Å². The number of carbonyl (C=O) groups is 2. The van der Waals surface area contributed by atoms with E-state index in [2.05, 4.69) is 119 Å². The second-order valence-corrected chi connectivity index (χ2v) is 35.1. The van der Waals surface area contributed by atoms with Crippen molar-refractivity contribution in [2.24, 2.45) is 5.92 Å². The molecule has 0 fully saturated rings. The van der Waals surface area contributed by atoms with Crippen molar-refractivity contribution >= 4 is 84.6 Å². The highest BCUT2D eigenvalue weighted by Gasteiger charge is 2.42. The monoisotopic (exact) mass is 981 g/mol. The van der Waals surface area contributed by atoms with Crippen molar-refractivity contribution in [3.05, 3.63) is 68.4 Å². The zero-order valence-electron chi connectivity index (χ0n) is 40.4. The van der Waals surface area contributed by atoms with E-state index in [-0.39, 0.29) is 11.8 Å². The summed E-state index contributed by atoms with van der Waals surface area (Å²) in [7, 11) is -3.30. The van der Waals surface area contributed by atoms with Gasteiger partial charge in [-0.1, -0.05) is 155 Å². The number of hydrogen-bond acceptors (Lipinski definition) is 7. The molecule has 1 aliphatic rings. The number of unbranched alkanes of at least 4 members (excludes halogenated alkanes) is 12. The van der Waals surface area contributed by atoms with Gasteiger partial charge in [0.25, 0.3) is 11.8 Å². The fourth-order valence-corrected chi connectivity index (χ4v) is 15.0. The molecule has 5 aromatic heterocycles. The van der Waals surface area contributed by atoms with Gasteiger partial charge in [-0.25, -0.2) is 0 Å². The Morgan fingerprint density at radius 1 is 0.516 bits per heavy atom. The normalized spacial score (nSPS) is 13.3. The maximum Gasteiger partial charge on any atom is 0.263 e. The first-order chi connectivity index (χ1) is 30.6. The molecule has 2 amide bonds. The minimum absolute atomic E-state index is 0.0878. The van der Waals surface area contributed by atoms with Crippen LogP contribution in [0, 0.1) is 42.7 Å². The highest BCUT2D eigenvalue weighted by Crippen LogP contribution is 2.50. The fraction of sp³-hybridized carbons (Fsp3) is 0.519. The van der Waals surface area contributed by atoms with E-state index in [0.29, 0.717) is 23.6 Å². The summed E-state index contributed by atoms with van der Waals surface area (Å²) < 4.78 is 0. The Balaban J connectivity index is 1.27. The van der Waals surface area contributed by atoms with Crippen molar-refractivity contribution in [1.82, 2.24) is 4.90 Å². The van der Waals surface area contributed by atoms with Crippen LogP contribution >= 0.6 is 56.7 Å². The Kier molecular flexibility index (Phi) is 18.4. The van der Waals surface area contributed by atoms with Crippen molar-refractivity contribution in [2.45, 2.75) is 170 Å². The molecular weight excluding hydrogens is 911 g/mol. The van der Waals surface area contributed by atoms with Gasteiger partial charge >= 0.3 is 0 Å². The Morgan fingerprint density at radius 2 is 0.969 bits per heavy atom. The second-order valence-electron chi connectivity index (χ2n) is 19.9. The highest BCUT2D eigenvalue weighted by molar-refractivity contribution is 7.30. The van der Waals surface area contributed by atoms with Crippen molar-refractivity contribution in [3.8, 4) is 61.9 Å². The van der Waals surface area contributed by atoms with E-state index >= 15 is 0 Å². The molecule has 1 aliphatic heterocycles. The van der Waals surface area contributed by atoms with Gasteiger partial charge in [0.2, 0.25) is 0 Å². The Bertz CT molecular complexity index is 2490. The Labute approximate surface area is 408 Å². The molecule has 0 bridgehead atoms. The van der Waals surface area contributed by atoms with Gasteiger partial charge in [-0.15, -0.1) is 67.8 Å². The summed E-state index contributed by atoms with van der Waals surface area (Å²) in [6.07, 6.45) is 20.1. The van der Waals surface area contributed by atoms with Gasteiger partial charge in [-0.2, -0.15) is 0 Å². The van der Waals surface area contributed by atoms with Crippen molar-refractivity contribution in [1.29, 1.82) is 0 Å². The summed E-state index contributed by atoms with van der Waals surface area (Å²) in [6.45, 7) is 23.1. The van der Waals surface area contributed by atoms with Crippen LogP contribution in [0.25, 0.3) is 39.0 Å². The Morgan fingerprint density at radius 3 is 1.45 bits per heavy atom. The summed E-state index contributed by atoms with van der Waals surface area (Å²) >= 11 is 8.80. The second kappa shape index (κ2) is 23.3. The van der Waals surface area contributed by atoms with E-state index in [4.69, 9.17) is 0 Å². The molecule has 1 atom stereocenters. The SMILES string of the molecule is CCCCCCCCCCC(CCCCCCCC)CN1C(=O)c2c(C)sc(-c3ccc(-c4cc(C#C[Si](C)(C)C)c(-c5sc(-c6ccc(C)s6)cc5C#C[Si](C)(C)C)s4)s3)c2C1=O. The maximum atomic E-state index is 14.5. The molecule has 64 heavy (non-hydrogen) atoms. The van der Waals surface area contributed by atoms with Gasteiger partial charge in [0.1, 0.15) is 16.1 Å². The van der Waals surface area contributed by atoms with Crippen LogP contribution < -0.4 is 0 Å². The molecule has 0 saturated heterocycles. The average molecular weight is 983 g/mol. The minimum atomic E-state index is -1.67. The molecule has 0 spiro atoms. The predicted molar refractivity (Wildman–Crippen MR) is 292 cm³/mol. The number of nitrogens with zero attached hydrogens (tertiary/aromatic N) is 1. The van der Waals surface area contributed by atoms with Crippen LogP contribution in [0.3, 0.4) is 0 Å². The zero-order chi connectivity index (χ0) is 46.0. The van der Waals surface area contributed by atoms with E-state index in [0.717, 1.165) is 43.5 Å². The van der Waals surface area contributed by atoms with E-state index < -0.39 is 16.1 Å². The lowest BCUT2D eigenvalue weighted by Crippen LogP contribution is -2.35. The third-order valence-corrected chi connectivity index (χ3v) is 19.7. The molecule has 0 aliphatic carbocycles. The van der Waals surface area contributed by atoms with Crippen LogP contribution in [0.1, 0.15) is 158 Å². The fourth-order valence-electron chi connectivity index (χ4n) is 8.29. The van der Waals surface area contributed by atoms with E-state index in [1.807, 2.05) is 29.6 Å². The van der Waals surface area contributed by atoms with Crippen LogP contribution in [-0.2, 0) is 0 Å². The lowest BCUT2D eigenvalue weighted by Gasteiger charge is -2.23. The lowest BCUT2D eigenvalue weighted by atomic mass is 9.93. The van der Waals surface area contributed by atoms with Gasteiger partial charge in [-0.3, -0.25) is 14.5 Å². The zero-order valence-corrected chi connectivity index (χ0v) is 46.4. The lowest BCUT2D eigenvalue weighted by molar-refractivity contribution is 0.0621. The van der Waals surface area contributed by atoms with Crippen molar-refractivity contribution in [3.63, 3.8) is 0 Å². The molecule has 3 nitrogen and oxygen atoms in total. The van der Waals surface area contributed by atoms with Crippen LogP contribution in [-0.4, -0.2) is 39.4 Å². The van der Waals surface area contributed by atoms with Crippen LogP contribution in [0.15, 0.2) is 36.4 Å². The summed E-state index contributed by atoms with van der Waals surface area (Å²) in [5, 5.41) is 0. The molecule has 5 aromatic rings. The van der Waals surface area contributed by atoms with Gasteiger partial charge < -0.3 is 0 Å². The molecule has 6 rings (SSSR count). The molecule has 342 valence electrons. The number of hydrogen-bond donors (Lipinski definition) is 0. The van der Waals surface area contributed by atoms with Gasteiger partial charge in [0, 0.05) is 51.8 Å². The number of aryl methyl sites for hydroxylation is 2. The number of imide groups is 1. The number of thiophene rings is 5. The minimum Gasteiger partial charge on any atom is -0.274 e. The molecule has 0 N–H and O–H groups in total. The van der Waals surface area contributed by atoms with Gasteiger partial charge in [0.15, 0.2) is 0 Å². The largest absolute Gasteiger partial charge is 0.274 e. The van der Waals surface area contributed by atoms with E-state index in [1.54, 1.807) is 38.9 Å². The molecule has 0 aromatic carbocycles. The molecule has 0 saturated carbocycles. The Hall–Kier alpha value is -2.81. The third-order valence-electron chi connectivity index (χ3n) is 11.7. The summed E-state index contributed by atoms with van der Waals surface area (Å²) in [6, 6.07) is 13.4. The first-order valence-corrected chi connectivity index (χ1v) is 35.2. The quantitative estimate of drug-likeness (QED) is 0.0300. The molecule has 6 heterocycles. The first kappa shape index (κ1) is 50.6.